The molecule has 6 heteroatoms. The minimum atomic E-state index is 0.248. The summed E-state index contributed by atoms with van der Waals surface area (Å²) in [6, 6.07) is 13.1. The molecule has 1 saturated heterocycles. The predicted molar refractivity (Wildman–Crippen MR) is 119 cm³/mol. The van der Waals surface area contributed by atoms with Crippen molar-refractivity contribution < 1.29 is 4.42 Å². The summed E-state index contributed by atoms with van der Waals surface area (Å²) in [6.07, 6.45) is 7.13. The van der Waals surface area contributed by atoms with E-state index in [2.05, 4.69) is 68.9 Å². The number of rotatable bonds is 7. The maximum Gasteiger partial charge on any atom is 0.212 e. The highest BCUT2D eigenvalue weighted by molar-refractivity contribution is 5.89. The predicted octanol–water partition coefficient (Wildman–Crippen LogP) is 4.81. The molecule has 0 amide bonds. The zero-order valence-corrected chi connectivity index (χ0v) is 17.2. The van der Waals surface area contributed by atoms with Gasteiger partial charge in [-0.25, -0.2) is 9.97 Å². The molecule has 1 unspecified atom stereocenters. The number of nitrogens with zero attached hydrogens (tertiary/aromatic N) is 2. The van der Waals surface area contributed by atoms with Crippen molar-refractivity contribution in [2.75, 3.05) is 13.1 Å². The van der Waals surface area contributed by atoms with Crippen LogP contribution in [0.25, 0.3) is 33.4 Å². The van der Waals surface area contributed by atoms with Crippen molar-refractivity contribution >= 4 is 10.8 Å². The molecular weight excluding hydrogens is 374 g/mol. The number of benzene rings is 2. The molecule has 0 spiro atoms. The Hall–Kier alpha value is -2.96. The van der Waals surface area contributed by atoms with Gasteiger partial charge in [-0.1, -0.05) is 31.2 Å². The van der Waals surface area contributed by atoms with Gasteiger partial charge in [0.15, 0.2) is 5.76 Å². The second-order valence-electron chi connectivity index (χ2n) is 7.91. The number of imidazole rings is 1. The molecule has 3 heterocycles. The molecule has 0 saturated carbocycles. The van der Waals surface area contributed by atoms with E-state index in [1.54, 1.807) is 0 Å². The largest absolute Gasteiger partial charge is 0.439 e. The average molecular weight is 402 g/mol. The molecule has 5 rings (SSSR count). The minimum Gasteiger partial charge on any atom is -0.439 e. The number of H-pyrrole nitrogens is 1. The van der Waals surface area contributed by atoms with E-state index in [1.165, 1.54) is 17.2 Å². The van der Waals surface area contributed by atoms with Crippen molar-refractivity contribution in [3.63, 3.8) is 0 Å². The number of hydrogen-bond donors (Lipinski definition) is 3. The van der Waals surface area contributed by atoms with Gasteiger partial charge in [0.05, 0.1) is 30.7 Å². The zero-order chi connectivity index (χ0) is 20.3. The molecule has 154 valence electrons. The van der Waals surface area contributed by atoms with E-state index in [9.17, 15) is 0 Å². The van der Waals surface area contributed by atoms with Crippen LogP contribution in [-0.2, 0) is 6.54 Å². The van der Waals surface area contributed by atoms with E-state index in [4.69, 9.17) is 4.42 Å². The van der Waals surface area contributed by atoms with E-state index >= 15 is 0 Å². The van der Waals surface area contributed by atoms with Crippen molar-refractivity contribution in [1.82, 2.24) is 25.6 Å². The third kappa shape index (κ3) is 3.88. The lowest BCUT2D eigenvalue weighted by Gasteiger charge is -2.05. The first-order chi connectivity index (χ1) is 14.8. The minimum absolute atomic E-state index is 0.248. The fourth-order valence-electron chi connectivity index (χ4n) is 4.03. The molecule has 0 bridgehead atoms. The zero-order valence-electron chi connectivity index (χ0n) is 17.2. The second kappa shape index (κ2) is 8.42. The van der Waals surface area contributed by atoms with Crippen LogP contribution < -0.4 is 10.6 Å². The van der Waals surface area contributed by atoms with E-state index in [0.717, 1.165) is 66.8 Å². The van der Waals surface area contributed by atoms with Crippen molar-refractivity contribution in [3.8, 4) is 22.6 Å². The van der Waals surface area contributed by atoms with Crippen LogP contribution in [0.4, 0.5) is 0 Å². The summed E-state index contributed by atoms with van der Waals surface area (Å²) in [4.78, 5) is 12.4. The SMILES string of the molecule is CCCNCc1ncc(-c2ccc3cc(-c4cnc(C5CCCN5)o4)ccc3c2)[nH]1. The lowest BCUT2D eigenvalue weighted by molar-refractivity contribution is 0.437. The van der Waals surface area contributed by atoms with Gasteiger partial charge in [-0.2, -0.15) is 0 Å². The van der Waals surface area contributed by atoms with Crippen LogP contribution in [0.2, 0.25) is 0 Å². The standard InChI is InChI=1S/C24H27N5O/c1-2-9-25-15-23-27-13-21(29-23)18-7-5-17-12-19(8-6-16(17)11-18)22-14-28-24(30-22)20-4-3-10-26-20/h5-8,11-14,20,25-26H,2-4,9-10,15H2,1H3,(H,27,29). The Morgan fingerprint density at radius 3 is 2.70 bits per heavy atom. The van der Waals surface area contributed by atoms with Gasteiger partial charge in [0.2, 0.25) is 5.89 Å². The first-order valence-corrected chi connectivity index (χ1v) is 10.8. The van der Waals surface area contributed by atoms with E-state index in [0.29, 0.717) is 0 Å². The Bertz CT molecular complexity index is 1140. The van der Waals surface area contributed by atoms with Crippen molar-refractivity contribution in [2.45, 2.75) is 38.8 Å². The summed E-state index contributed by atoms with van der Waals surface area (Å²) in [5, 5.41) is 9.18. The molecule has 2 aromatic heterocycles. The fraction of sp³-hybridized carbons (Fsp3) is 0.333. The first kappa shape index (κ1) is 19.0. The highest BCUT2D eigenvalue weighted by Crippen LogP contribution is 2.30. The van der Waals surface area contributed by atoms with Crippen LogP contribution in [0.3, 0.4) is 0 Å². The second-order valence-corrected chi connectivity index (χ2v) is 7.91. The lowest BCUT2D eigenvalue weighted by Crippen LogP contribution is -2.14. The van der Waals surface area contributed by atoms with Gasteiger partial charge >= 0.3 is 0 Å². The van der Waals surface area contributed by atoms with Crippen molar-refractivity contribution in [3.05, 3.63) is 60.5 Å². The third-order valence-electron chi connectivity index (χ3n) is 5.67. The summed E-state index contributed by atoms with van der Waals surface area (Å²) < 4.78 is 6.05. The number of aromatic amines is 1. The monoisotopic (exact) mass is 401 g/mol. The molecule has 0 aliphatic carbocycles. The van der Waals surface area contributed by atoms with E-state index < -0.39 is 0 Å². The normalized spacial score (nSPS) is 16.5. The van der Waals surface area contributed by atoms with Crippen LogP contribution in [0.15, 0.2) is 53.2 Å². The van der Waals surface area contributed by atoms with Crippen LogP contribution in [0.5, 0.6) is 0 Å². The Morgan fingerprint density at radius 2 is 1.90 bits per heavy atom. The molecule has 1 aliphatic heterocycles. The first-order valence-electron chi connectivity index (χ1n) is 10.8. The van der Waals surface area contributed by atoms with Crippen LogP contribution >= 0.6 is 0 Å². The molecule has 1 aliphatic rings. The van der Waals surface area contributed by atoms with Gasteiger partial charge < -0.3 is 20.0 Å². The quantitative estimate of drug-likeness (QED) is 0.387. The summed E-state index contributed by atoms with van der Waals surface area (Å²) in [5.41, 5.74) is 3.23. The molecule has 2 aromatic carbocycles. The molecule has 1 atom stereocenters. The number of oxazole rings is 1. The Labute approximate surface area is 176 Å². The van der Waals surface area contributed by atoms with Gasteiger partial charge in [-0.3, -0.25) is 0 Å². The molecule has 4 aromatic rings. The maximum atomic E-state index is 6.05. The van der Waals surface area contributed by atoms with E-state index in [-0.39, 0.29) is 6.04 Å². The number of aromatic nitrogens is 3. The van der Waals surface area contributed by atoms with Gasteiger partial charge in [0.1, 0.15) is 5.82 Å². The average Bonchev–Trinajstić information content (AvgIpc) is 3.54. The molecule has 1 fully saturated rings. The molecule has 30 heavy (non-hydrogen) atoms. The number of nitrogens with one attached hydrogen (secondary N) is 3. The van der Waals surface area contributed by atoms with Crippen LogP contribution in [-0.4, -0.2) is 28.0 Å². The summed E-state index contributed by atoms with van der Waals surface area (Å²) in [6.45, 7) is 4.96. The molecular formula is C24H27N5O. The topological polar surface area (TPSA) is 78.8 Å². The van der Waals surface area contributed by atoms with Crippen molar-refractivity contribution in [1.29, 1.82) is 0 Å². The van der Waals surface area contributed by atoms with Crippen LogP contribution in [0, 0.1) is 0 Å². The Kier molecular flexibility index (Phi) is 5.34. The maximum absolute atomic E-state index is 6.05. The Balaban J connectivity index is 1.36. The highest BCUT2D eigenvalue weighted by atomic mass is 16.4. The molecule has 3 N–H and O–H groups in total. The number of hydrogen-bond acceptors (Lipinski definition) is 5. The number of fused-ring (bicyclic) bond motifs is 1. The Morgan fingerprint density at radius 1 is 1.07 bits per heavy atom. The van der Waals surface area contributed by atoms with E-state index in [1.807, 2.05) is 12.4 Å². The van der Waals surface area contributed by atoms with Crippen LogP contribution in [0.1, 0.15) is 43.9 Å². The third-order valence-corrected chi connectivity index (χ3v) is 5.67. The molecule has 6 nitrogen and oxygen atoms in total. The van der Waals surface area contributed by atoms with Gasteiger partial charge in [0.25, 0.3) is 0 Å². The summed E-state index contributed by atoms with van der Waals surface area (Å²) >= 11 is 0. The fourth-order valence-corrected chi connectivity index (χ4v) is 4.03. The summed E-state index contributed by atoms with van der Waals surface area (Å²) in [5.74, 6) is 2.58. The van der Waals surface area contributed by atoms with Gasteiger partial charge in [-0.15, -0.1) is 0 Å². The van der Waals surface area contributed by atoms with Gasteiger partial charge in [0, 0.05) is 11.1 Å². The smallest absolute Gasteiger partial charge is 0.212 e. The molecule has 0 radical (unpaired) electrons. The highest BCUT2D eigenvalue weighted by Gasteiger charge is 2.21. The summed E-state index contributed by atoms with van der Waals surface area (Å²) in [7, 11) is 0. The van der Waals surface area contributed by atoms with Crippen molar-refractivity contribution in [2.24, 2.45) is 0 Å². The lowest BCUT2D eigenvalue weighted by atomic mass is 10.0. The van der Waals surface area contributed by atoms with Gasteiger partial charge in [-0.05, 0) is 55.3 Å².